The molecule has 0 aromatic heterocycles. The minimum atomic E-state index is -0.313. The van der Waals surface area contributed by atoms with Crippen molar-refractivity contribution in [1.82, 2.24) is 20.9 Å². The van der Waals surface area contributed by atoms with Gasteiger partial charge in [0.1, 0.15) is 0 Å². The number of carbonyl (C=O) groups excluding carboxylic acids is 3. The van der Waals surface area contributed by atoms with Crippen LogP contribution in [0, 0.1) is 0 Å². The molecule has 0 radical (unpaired) electrons. The van der Waals surface area contributed by atoms with Gasteiger partial charge in [-0.25, -0.2) is 0 Å². The lowest BCUT2D eigenvalue weighted by atomic mass is 10.1. The second-order valence-electron chi connectivity index (χ2n) is 6.45. The highest BCUT2D eigenvalue weighted by Gasteiger charge is 2.39. The molecule has 134 valence electrons. The number of hydrogen-bond acceptors (Lipinski definition) is 5. The van der Waals surface area contributed by atoms with Crippen LogP contribution in [0.2, 0.25) is 0 Å². The number of guanidine groups is 1. The number of fused-ring (bicyclic) bond motifs is 3. The van der Waals surface area contributed by atoms with Crippen LogP contribution in [0.1, 0.15) is 13.8 Å². The van der Waals surface area contributed by atoms with Crippen LogP contribution in [0.15, 0.2) is 4.99 Å². The van der Waals surface area contributed by atoms with Gasteiger partial charge >= 0.3 is 0 Å². The largest absolute Gasteiger partial charge is 0.349 e. The van der Waals surface area contributed by atoms with Gasteiger partial charge in [0.2, 0.25) is 17.8 Å². The zero-order valence-electron chi connectivity index (χ0n) is 14.4. The highest BCUT2D eigenvalue weighted by Crippen LogP contribution is 2.18. The van der Waals surface area contributed by atoms with Crippen molar-refractivity contribution in [2.45, 2.75) is 13.8 Å². The van der Waals surface area contributed by atoms with Gasteiger partial charge in [0, 0.05) is 40.0 Å². The zero-order chi connectivity index (χ0) is 17.6. The summed E-state index contributed by atoms with van der Waals surface area (Å²) in [4.78, 5) is 40.8. The summed E-state index contributed by atoms with van der Waals surface area (Å²) in [6.45, 7) is 10.2. The van der Waals surface area contributed by atoms with Crippen LogP contribution in [0.25, 0.3) is 0 Å². The predicted molar refractivity (Wildman–Crippen MR) is 89.1 cm³/mol. The Kier molecular flexibility index (Phi) is 6.27. The molecule has 3 fully saturated rings. The third kappa shape index (κ3) is 5.57. The number of quaternary nitrogens is 1. The van der Waals surface area contributed by atoms with Gasteiger partial charge in [0.05, 0.1) is 26.2 Å². The van der Waals surface area contributed by atoms with Crippen molar-refractivity contribution in [3.8, 4) is 0 Å². The number of aliphatic imine (C=N–C) groups is 1. The number of piperazine rings is 3. The molecule has 0 aliphatic carbocycles. The van der Waals surface area contributed by atoms with Gasteiger partial charge in [-0.1, -0.05) is 0 Å². The number of nitrogens with zero attached hydrogens (tertiary/aromatic N) is 3. The molecule has 0 unspecified atom stereocenters. The Labute approximate surface area is 142 Å². The maximum absolute atomic E-state index is 12.2. The van der Waals surface area contributed by atoms with Gasteiger partial charge in [-0.3, -0.25) is 34.9 Å². The number of rotatable bonds is 5. The molecule has 3 rings (SSSR count). The third-order valence-corrected chi connectivity index (χ3v) is 4.44. The maximum atomic E-state index is 12.2. The highest BCUT2D eigenvalue weighted by molar-refractivity contribution is 6.03. The first-order valence-corrected chi connectivity index (χ1v) is 8.32. The van der Waals surface area contributed by atoms with E-state index in [9.17, 15) is 14.4 Å². The van der Waals surface area contributed by atoms with E-state index in [4.69, 9.17) is 0 Å². The quantitative estimate of drug-likeness (QED) is 0.231. The summed E-state index contributed by atoms with van der Waals surface area (Å²) in [6, 6.07) is 0. The SMILES string of the molecule is CC(=O)NC(=NCCNC(=O)C[N+]12CCN(CC1)CC2)NC(C)=O. The lowest BCUT2D eigenvalue weighted by molar-refractivity contribution is -0.933. The maximum Gasteiger partial charge on any atom is 0.275 e. The first kappa shape index (κ1) is 18.3. The number of hydrogen-bond donors (Lipinski definition) is 3. The van der Waals surface area contributed by atoms with Gasteiger partial charge in [0.25, 0.3) is 5.91 Å². The topological polar surface area (TPSA) is 103 Å². The van der Waals surface area contributed by atoms with E-state index in [-0.39, 0.29) is 30.2 Å². The minimum Gasteiger partial charge on any atom is -0.349 e. The zero-order valence-corrected chi connectivity index (χ0v) is 14.4. The fraction of sp³-hybridized carbons (Fsp3) is 0.733. The second kappa shape index (κ2) is 8.20. The molecule has 3 heterocycles. The molecule has 3 N–H and O–H groups in total. The normalized spacial score (nSPS) is 24.8. The van der Waals surface area contributed by atoms with Gasteiger partial charge in [-0.15, -0.1) is 0 Å². The number of nitrogens with one attached hydrogen (secondary N) is 3. The fourth-order valence-electron chi connectivity index (χ4n) is 3.14. The Morgan fingerprint density at radius 1 is 1.00 bits per heavy atom. The molecule has 0 atom stereocenters. The van der Waals surface area contributed by atoms with E-state index in [1.165, 1.54) is 13.8 Å². The molecule has 2 bridgehead atoms. The van der Waals surface area contributed by atoms with Crippen molar-refractivity contribution in [2.75, 3.05) is 58.9 Å². The Morgan fingerprint density at radius 3 is 2.04 bits per heavy atom. The molecular weight excluding hydrogens is 312 g/mol. The number of amides is 3. The van der Waals surface area contributed by atoms with Crippen molar-refractivity contribution < 1.29 is 18.9 Å². The molecule has 3 aliphatic heterocycles. The van der Waals surface area contributed by atoms with Gasteiger partial charge in [-0.2, -0.15) is 0 Å². The van der Waals surface area contributed by atoms with Crippen LogP contribution in [-0.4, -0.2) is 92.0 Å². The van der Waals surface area contributed by atoms with Crippen molar-refractivity contribution in [3.05, 3.63) is 0 Å². The summed E-state index contributed by atoms with van der Waals surface area (Å²) in [7, 11) is 0. The monoisotopic (exact) mass is 339 g/mol. The molecule has 3 aliphatic rings. The lowest BCUT2D eigenvalue weighted by Gasteiger charge is -2.50. The van der Waals surface area contributed by atoms with Crippen molar-refractivity contribution in [2.24, 2.45) is 4.99 Å². The third-order valence-electron chi connectivity index (χ3n) is 4.44. The van der Waals surface area contributed by atoms with Crippen LogP contribution in [0.3, 0.4) is 0 Å². The Bertz CT molecular complexity index is 494. The average Bonchev–Trinajstić information content (AvgIpc) is 2.51. The van der Waals surface area contributed by atoms with E-state index in [0.29, 0.717) is 13.1 Å². The van der Waals surface area contributed by atoms with Gasteiger partial charge in [0.15, 0.2) is 6.54 Å². The summed E-state index contributed by atoms with van der Waals surface area (Å²) < 4.78 is 0.884. The van der Waals surface area contributed by atoms with Crippen LogP contribution in [0.5, 0.6) is 0 Å². The first-order chi connectivity index (χ1) is 11.4. The van der Waals surface area contributed by atoms with Crippen LogP contribution >= 0.6 is 0 Å². The fourth-order valence-corrected chi connectivity index (χ4v) is 3.14. The molecule has 9 heteroatoms. The lowest BCUT2D eigenvalue weighted by Crippen LogP contribution is -2.69. The molecule has 0 saturated carbocycles. The Morgan fingerprint density at radius 2 is 1.54 bits per heavy atom. The Hall–Kier alpha value is -2.00. The molecule has 0 aromatic rings. The van der Waals surface area contributed by atoms with Gasteiger partial charge < -0.3 is 9.80 Å². The van der Waals surface area contributed by atoms with Crippen LogP contribution in [0.4, 0.5) is 0 Å². The summed E-state index contributed by atoms with van der Waals surface area (Å²) >= 11 is 0. The standard InChI is InChI=1S/C15H26N6O3/c1-12(22)18-15(19-13(2)23)17-4-3-16-14(24)11-21-8-5-20(6-9-21)7-10-21/h3-11H2,1-2H3,(H2-,16,17,18,19,22,23,24)/p+1. The second-order valence-corrected chi connectivity index (χ2v) is 6.45. The van der Waals surface area contributed by atoms with Gasteiger partial charge in [-0.05, 0) is 0 Å². The van der Waals surface area contributed by atoms with E-state index in [1.807, 2.05) is 0 Å². The van der Waals surface area contributed by atoms with E-state index >= 15 is 0 Å². The summed E-state index contributed by atoms with van der Waals surface area (Å²) in [6.07, 6.45) is 0. The highest BCUT2D eigenvalue weighted by atomic mass is 16.2. The van der Waals surface area contributed by atoms with Crippen molar-refractivity contribution >= 4 is 23.7 Å². The predicted octanol–water partition coefficient (Wildman–Crippen LogP) is -2.12. The molecule has 0 aromatic carbocycles. The Balaban J connectivity index is 1.73. The summed E-state index contributed by atoms with van der Waals surface area (Å²) in [5.74, 6) is -0.488. The smallest absolute Gasteiger partial charge is 0.275 e. The average molecular weight is 339 g/mol. The van der Waals surface area contributed by atoms with E-state index in [0.717, 1.165) is 43.8 Å². The minimum absolute atomic E-state index is 0.0288. The van der Waals surface area contributed by atoms with Crippen LogP contribution in [-0.2, 0) is 14.4 Å². The summed E-state index contributed by atoms with van der Waals surface area (Å²) in [5, 5.41) is 7.76. The van der Waals surface area contributed by atoms with Crippen molar-refractivity contribution in [3.63, 3.8) is 0 Å². The molecule has 3 amide bonds. The van der Waals surface area contributed by atoms with E-state index in [2.05, 4.69) is 25.8 Å². The molecule has 0 spiro atoms. The first-order valence-electron chi connectivity index (χ1n) is 8.32. The van der Waals surface area contributed by atoms with Crippen molar-refractivity contribution in [1.29, 1.82) is 0 Å². The molecule has 24 heavy (non-hydrogen) atoms. The molecule has 3 saturated heterocycles. The van der Waals surface area contributed by atoms with E-state index < -0.39 is 0 Å². The summed E-state index contributed by atoms with van der Waals surface area (Å²) in [5.41, 5.74) is 0. The molecule has 9 nitrogen and oxygen atoms in total. The number of carbonyl (C=O) groups is 3. The van der Waals surface area contributed by atoms with E-state index in [1.54, 1.807) is 0 Å². The van der Waals surface area contributed by atoms with Crippen LogP contribution < -0.4 is 16.0 Å². The molecular formula is C15H27N6O3+.